The Bertz CT molecular complexity index is 652. The van der Waals surface area contributed by atoms with Crippen LogP contribution in [0.2, 0.25) is 0 Å². The Balaban J connectivity index is 1.86. The molecule has 0 heterocycles. The van der Waals surface area contributed by atoms with Crippen molar-refractivity contribution in [2.24, 2.45) is 0 Å². The van der Waals surface area contributed by atoms with Crippen LogP contribution in [0, 0.1) is 0 Å². The van der Waals surface area contributed by atoms with Crippen LogP contribution in [0.25, 0.3) is 0 Å². The van der Waals surface area contributed by atoms with Crippen molar-refractivity contribution in [3.05, 3.63) is 65.2 Å². The van der Waals surface area contributed by atoms with Crippen molar-refractivity contribution in [1.82, 2.24) is 4.90 Å². The first-order chi connectivity index (χ1) is 10.2. The van der Waals surface area contributed by atoms with Gasteiger partial charge < -0.3 is 4.74 Å². The van der Waals surface area contributed by atoms with Crippen LogP contribution in [0.3, 0.4) is 0 Å². The number of nitrogens with zero attached hydrogens (tertiary/aromatic N) is 1. The number of methoxy groups -OCH3 is 1. The predicted molar refractivity (Wildman–Crippen MR) is 82.6 cm³/mol. The second-order valence-corrected chi connectivity index (χ2v) is 5.50. The van der Waals surface area contributed by atoms with Gasteiger partial charge in [0.25, 0.3) is 0 Å². The number of Topliss-reactive ketones (excluding diaryl/α,β-unsaturated/α-hetero) is 1. The fourth-order valence-corrected chi connectivity index (χ4v) is 2.97. The van der Waals surface area contributed by atoms with Crippen LogP contribution >= 0.6 is 0 Å². The maximum atomic E-state index is 12.2. The van der Waals surface area contributed by atoms with E-state index >= 15 is 0 Å². The molecule has 0 amide bonds. The summed E-state index contributed by atoms with van der Waals surface area (Å²) in [7, 11) is 3.72. The van der Waals surface area contributed by atoms with E-state index in [2.05, 4.69) is 24.1 Å². The third-order valence-electron chi connectivity index (χ3n) is 4.10. The van der Waals surface area contributed by atoms with Gasteiger partial charge in [0.1, 0.15) is 5.75 Å². The Morgan fingerprint density at radius 3 is 2.67 bits per heavy atom. The van der Waals surface area contributed by atoms with Gasteiger partial charge in [-0.3, -0.25) is 9.69 Å². The quantitative estimate of drug-likeness (QED) is 0.859. The first-order valence-corrected chi connectivity index (χ1v) is 7.14. The number of carbonyl (C=O) groups is 1. The van der Waals surface area contributed by atoms with Crippen molar-refractivity contribution in [2.75, 3.05) is 14.2 Å². The van der Waals surface area contributed by atoms with Crippen molar-refractivity contribution in [3.8, 4) is 5.75 Å². The van der Waals surface area contributed by atoms with E-state index in [0.29, 0.717) is 6.42 Å². The molecule has 1 unspecified atom stereocenters. The minimum atomic E-state index is 0.128. The Morgan fingerprint density at radius 1 is 1.19 bits per heavy atom. The number of fused-ring (bicyclic) bond motifs is 1. The number of hydrogen-bond donors (Lipinski definition) is 0. The van der Waals surface area contributed by atoms with E-state index in [1.807, 2.05) is 36.4 Å². The van der Waals surface area contributed by atoms with E-state index in [4.69, 9.17) is 4.74 Å². The Hall–Kier alpha value is -2.13. The number of rotatable bonds is 4. The lowest BCUT2D eigenvalue weighted by atomic mass is 10.1. The monoisotopic (exact) mass is 281 g/mol. The standard InChI is InChI=1S/C18H19NO2/c1-19(12-13-6-4-3-5-7-13)17-11-18(20)15-9-8-14(21-2)10-16(15)17/h3-10,17H,11-12H2,1-2H3. The second-order valence-electron chi connectivity index (χ2n) is 5.50. The maximum Gasteiger partial charge on any atom is 0.165 e. The van der Waals surface area contributed by atoms with Gasteiger partial charge in [0.15, 0.2) is 5.78 Å². The molecule has 3 nitrogen and oxygen atoms in total. The molecule has 3 rings (SSSR count). The van der Waals surface area contributed by atoms with Crippen LogP contribution < -0.4 is 4.74 Å². The minimum absolute atomic E-state index is 0.128. The van der Waals surface area contributed by atoms with Crippen LogP contribution in [0.4, 0.5) is 0 Å². The van der Waals surface area contributed by atoms with E-state index in [9.17, 15) is 4.79 Å². The van der Waals surface area contributed by atoms with Crippen molar-refractivity contribution < 1.29 is 9.53 Å². The fraction of sp³-hybridized carbons (Fsp3) is 0.278. The number of ether oxygens (including phenoxy) is 1. The third kappa shape index (κ3) is 2.69. The van der Waals surface area contributed by atoms with Crippen LogP contribution in [-0.4, -0.2) is 24.8 Å². The van der Waals surface area contributed by atoms with Crippen molar-refractivity contribution in [2.45, 2.75) is 19.0 Å². The van der Waals surface area contributed by atoms with Crippen molar-refractivity contribution in [3.63, 3.8) is 0 Å². The fourth-order valence-electron chi connectivity index (χ4n) is 2.97. The van der Waals surface area contributed by atoms with Crippen LogP contribution in [0.1, 0.15) is 33.9 Å². The first-order valence-electron chi connectivity index (χ1n) is 7.14. The molecule has 0 N–H and O–H groups in total. The van der Waals surface area contributed by atoms with Gasteiger partial charge >= 0.3 is 0 Å². The molecule has 1 atom stereocenters. The number of benzene rings is 2. The highest BCUT2D eigenvalue weighted by Crippen LogP contribution is 2.37. The molecule has 0 aromatic heterocycles. The molecule has 0 saturated heterocycles. The average Bonchev–Trinajstić information content (AvgIpc) is 2.85. The molecule has 108 valence electrons. The number of ketones is 1. The molecule has 0 radical (unpaired) electrons. The Morgan fingerprint density at radius 2 is 1.95 bits per heavy atom. The summed E-state index contributed by atoms with van der Waals surface area (Å²) in [6, 6.07) is 16.2. The van der Waals surface area contributed by atoms with Gasteiger partial charge in [0, 0.05) is 24.6 Å². The molecule has 2 aromatic rings. The highest BCUT2D eigenvalue weighted by atomic mass is 16.5. The molecule has 2 aromatic carbocycles. The lowest BCUT2D eigenvalue weighted by Crippen LogP contribution is -2.22. The SMILES string of the molecule is COc1ccc2c(c1)C(N(C)Cc1ccccc1)CC2=O. The molecule has 0 saturated carbocycles. The van der Waals surface area contributed by atoms with Gasteiger partial charge in [0.2, 0.25) is 0 Å². The lowest BCUT2D eigenvalue weighted by Gasteiger charge is -2.25. The molecular weight excluding hydrogens is 262 g/mol. The Kier molecular flexibility index (Phi) is 3.76. The highest BCUT2D eigenvalue weighted by molar-refractivity contribution is 6.01. The molecule has 1 aliphatic rings. The van der Waals surface area contributed by atoms with Gasteiger partial charge in [0.05, 0.1) is 7.11 Å². The van der Waals surface area contributed by atoms with E-state index in [1.165, 1.54) is 5.56 Å². The maximum absolute atomic E-state index is 12.2. The van der Waals surface area contributed by atoms with Crippen molar-refractivity contribution >= 4 is 5.78 Å². The molecule has 0 bridgehead atoms. The summed E-state index contributed by atoms with van der Waals surface area (Å²) in [6.45, 7) is 0.829. The first kappa shape index (κ1) is 13.8. The highest BCUT2D eigenvalue weighted by Gasteiger charge is 2.32. The van der Waals surface area contributed by atoms with E-state index in [-0.39, 0.29) is 11.8 Å². The van der Waals surface area contributed by atoms with Gasteiger partial charge in [-0.15, -0.1) is 0 Å². The average molecular weight is 281 g/mol. The molecule has 1 aliphatic carbocycles. The van der Waals surface area contributed by atoms with Gasteiger partial charge in [-0.05, 0) is 36.4 Å². The largest absolute Gasteiger partial charge is 0.497 e. The van der Waals surface area contributed by atoms with Crippen LogP contribution in [-0.2, 0) is 6.54 Å². The number of hydrogen-bond acceptors (Lipinski definition) is 3. The summed E-state index contributed by atoms with van der Waals surface area (Å²) < 4.78 is 5.29. The molecule has 0 fully saturated rings. The summed E-state index contributed by atoms with van der Waals surface area (Å²) in [5.41, 5.74) is 3.17. The van der Waals surface area contributed by atoms with Gasteiger partial charge in [-0.25, -0.2) is 0 Å². The molecule has 21 heavy (non-hydrogen) atoms. The van der Waals surface area contributed by atoms with Gasteiger partial charge in [-0.2, -0.15) is 0 Å². The lowest BCUT2D eigenvalue weighted by molar-refractivity contribution is 0.0961. The predicted octanol–water partition coefficient (Wildman–Crippen LogP) is 3.45. The molecule has 0 spiro atoms. The summed E-state index contributed by atoms with van der Waals surface area (Å²) in [4.78, 5) is 14.4. The van der Waals surface area contributed by atoms with E-state index < -0.39 is 0 Å². The zero-order valence-electron chi connectivity index (χ0n) is 12.4. The van der Waals surface area contributed by atoms with Crippen LogP contribution in [0.15, 0.2) is 48.5 Å². The molecule has 0 aliphatic heterocycles. The van der Waals surface area contributed by atoms with E-state index in [1.54, 1.807) is 7.11 Å². The normalized spacial score (nSPS) is 17.1. The smallest absolute Gasteiger partial charge is 0.165 e. The number of carbonyl (C=O) groups excluding carboxylic acids is 1. The third-order valence-corrected chi connectivity index (χ3v) is 4.10. The van der Waals surface area contributed by atoms with Crippen molar-refractivity contribution in [1.29, 1.82) is 0 Å². The van der Waals surface area contributed by atoms with E-state index in [0.717, 1.165) is 23.4 Å². The second kappa shape index (κ2) is 5.70. The van der Waals surface area contributed by atoms with Gasteiger partial charge in [-0.1, -0.05) is 30.3 Å². The summed E-state index contributed by atoms with van der Waals surface area (Å²) >= 11 is 0. The summed E-state index contributed by atoms with van der Waals surface area (Å²) in [5, 5.41) is 0. The summed E-state index contributed by atoms with van der Waals surface area (Å²) in [6.07, 6.45) is 0.547. The minimum Gasteiger partial charge on any atom is -0.497 e. The molecule has 3 heteroatoms. The zero-order chi connectivity index (χ0) is 14.8. The van der Waals surface area contributed by atoms with Crippen LogP contribution in [0.5, 0.6) is 5.75 Å². The Labute approximate surface area is 125 Å². The topological polar surface area (TPSA) is 29.5 Å². The summed E-state index contributed by atoms with van der Waals surface area (Å²) in [5.74, 6) is 1.03. The molecular formula is C18H19NO2. The zero-order valence-corrected chi connectivity index (χ0v) is 12.4.